The van der Waals surface area contributed by atoms with Crippen LogP contribution in [0.25, 0.3) is 0 Å². The molecule has 154 valence electrons. The van der Waals surface area contributed by atoms with Gasteiger partial charge in [-0.25, -0.2) is 0 Å². The van der Waals surface area contributed by atoms with Gasteiger partial charge in [-0.1, -0.05) is 52.3 Å². The molecule has 0 atom stereocenters. The van der Waals surface area contributed by atoms with Gasteiger partial charge in [-0.2, -0.15) is 0 Å². The van der Waals surface area contributed by atoms with Crippen molar-refractivity contribution in [2.75, 3.05) is 18.9 Å². The summed E-state index contributed by atoms with van der Waals surface area (Å²) < 4.78 is 6.74. The van der Waals surface area contributed by atoms with Crippen LogP contribution in [0.5, 0.6) is 5.75 Å². The van der Waals surface area contributed by atoms with Gasteiger partial charge in [0.2, 0.25) is 5.91 Å². The molecule has 0 aliphatic carbocycles. The number of nitrogens with zero attached hydrogens (tertiary/aromatic N) is 1. The third-order valence-corrected chi connectivity index (χ3v) is 5.07. The van der Waals surface area contributed by atoms with Crippen molar-refractivity contribution in [2.24, 2.45) is 0 Å². The molecule has 0 radical (unpaired) electrons. The van der Waals surface area contributed by atoms with E-state index in [1.54, 1.807) is 19.2 Å². The maximum Gasteiger partial charge on any atom is 0.254 e. The van der Waals surface area contributed by atoms with Crippen molar-refractivity contribution in [3.05, 3.63) is 94.0 Å². The van der Waals surface area contributed by atoms with Crippen molar-refractivity contribution < 1.29 is 14.3 Å². The van der Waals surface area contributed by atoms with Crippen molar-refractivity contribution in [1.82, 2.24) is 4.90 Å². The van der Waals surface area contributed by atoms with Gasteiger partial charge in [0.05, 0.1) is 6.54 Å². The Hall–Kier alpha value is -3.12. The Morgan fingerprint density at radius 2 is 1.70 bits per heavy atom. The molecule has 0 saturated heterocycles. The van der Waals surface area contributed by atoms with E-state index in [-0.39, 0.29) is 25.0 Å². The number of carbonyl (C=O) groups excluding carboxylic acids is 2. The fourth-order valence-corrected chi connectivity index (χ4v) is 3.46. The molecule has 0 saturated carbocycles. The number of ether oxygens (including phenoxy) is 1. The van der Waals surface area contributed by atoms with Crippen LogP contribution >= 0.6 is 15.9 Å². The van der Waals surface area contributed by atoms with E-state index in [0.29, 0.717) is 5.56 Å². The van der Waals surface area contributed by atoms with Gasteiger partial charge in [-0.05, 0) is 48.9 Å². The van der Waals surface area contributed by atoms with E-state index in [1.165, 1.54) is 4.90 Å². The summed E-state index contributed by atoms with van der Waals surface area (Å²) in [4.78, 5) is 26.8. The van der Waals surface area contributed by atoms with Crippen LogP contribution in [-0.2, 0) is 11.4 Å². The number of hydrogen-bond donors (Lipinski definition) is 1. The first-order valence-electron chi connectivity index (χ1n) is 9.51. The molecule has 3 aromatic carbocycles. The monoisotopic (exact) mass is 466 g/mol. The standard InChI is InChI=1S/C24H23BrN2O3/c1-17-14-19(25)12-13-22(17)26-23(28)15-27(2)24(29)21-11-7-6-8-18(21)16-30-20-9-4-3-5-10-20/h3-14H,15-16H2,1-2H3,(H,26,28). The smallest absolute Gasteiger partial charge is 0.254 e. The second kappa shape index (κ2) is 10.1. The second-order valence-corrected chi connectivity index (χ2v) is 7.84. The fourth-order valence-electron chi connectivity index (χ4n) is 2.98. The summed E-state index contributed by atoms with van der Waals surface area (Å²) in [6.45, 7) is 2.13. The van der Waals surface area contributed by atoms with Crippen LogP contribution in [0.3, 0.4) is 0 Å². The van der Waals surface area contributed by atoms with Gasteiger partial charge in [-0.15, -0.1) is 0 Å². The minimum atomic E-state index is -0.255. The van der Waals surface area contributed by atoms with Gasteiger partial charge in [0.1, 0.15) is 12.4 Å². The molecule has 5 nitrogen and oxygen atoms in total. The summed E-state index contributed by atoms with van der Waals surface area (Å²) in [6.07, 6.45) is 0. The van der Waals surface area contributed by atoms with Crippen LogP contribution in [0.2, 0.25) is 0 Å². The van der Waals surface area contributed by atoms with Crippen molar-refractivity contribution in [2.45, 2.75) is 13.5 Å². The lowest BCUT2D eigenvalue weighted by atomic mass is 10.1. The molecule has 6 heteroatoms. The summed E-state index contributed by atoms with van der Waals surface area (Å²) in [6, 6.07) is 22.3. The summed E-state index contributed by atoms with van der Waals surface area (Å²) in [7, 11) is 1.62. The van der Waals surface area contributed by atoms with Gasteiger partial charge in [-0.3, -0.25) is 9.59 Å². The molecule has 0 aliphatic heterocycles. The van der Waals surface area contributed by atoms with Gasteiger partial charge < -0.3 is 15.0 Å². The molecule has 0 spiro atoms. The average molecular weight is 467 g/mol. The molecule has 0 heterocycles. The minimum absolute atomic E-state index is 0.0534. The van der Waals surface area contributed by atoms with Crippen molar-refractivity contribution in [3.63, 3.8) is 0 Å². The van der Waals surface area contributed by atoms with E-state index in [1.807, 2.05) is 67.6 Å². The quantitative estimate of drug-likeness (QED) is 0.529. The Balaban J connectivity index is 1.64. The van der Waals surface area contributed by atoms with Crippen molar-refractivity contribution in [3.8, 4) is 5.75 Å². The lowest BCUT2D eigenvalue weighted by Crippen LogP contribution is -2.35. The number of carbonyl (C=O) groups is 2. The van der Waals surface area contributed by atoms with Gasteiger partial charge in [0, 0.05) is 28.3 Å². The first-order chi connectivity index (χ1) is 14.4. The first kappa shape index (κ1) is 21.6. The Labute approximate surface area is 184 Å². The number of anilines is 1. The first-order valence-corrected chi connectivity index (χ1v) is 10.3. The number of amides is 2. The number of likely N-dealkylation sites (N-methyl/N-ethyl adjacent to an activating group) is 1. The predicted octanol–water partition coefficient (Wildman–Crippen LogP) is 5.05. The molecular formula is C24H23BrN2O3. The molecule has 2 amide bonds. The highest BCUT2D eigenvalue weighted by molar-refractivity contribution is 9.10. The molecule has 0 aliphatic rings. The number of hydrogen-bond acceptors (Lipinski definition) is 3. The SMILES string of the molecule is Cc1cc(Br)ccc1NC(=O)CN(C)C(=O)c1ccccc1COc1ccccc1. The largest absolute Gasteiger partial charge is 0.489 e. The molecule has 0 aromatic heterocycles. The zero-order valence-electron chi connectivity index (χ0n) is 16.9. The highest BCUT2D eigenvalue weighted by atomic mass is 79.9. The average Bonchev–Trinajstić information content (AvgIpc) is 2.74. The predicted molar refractivity (Wildman–Crippen MR) is 122 cm³/mol. The van der Waals surface area contributed by atoms with E-state index < -0.39 is 0 Å². The molecule has 0 unspecified atom stereocenters. The Kier molecular flexibility index (Phi) is 7.25. The lowest BCUT2D eigenvalue weighted by Gasteiger charge is -2.19. The Morgan fingerprint density at radius 3 is 2.43 bits per heavy atom. The highest BCUT2D eigenvalue weighted by Crippen LogP contribution is 2.20. The number of aryl methyl sites for hydroxylation is 1. The molecule has 3 rings (SSSR count). The maximum absolute atomic E-state index is 13.0. The second-order valence-electron chi connectivity index (χ2n) is 6.93. The third kappa shape index (κ3) is 5.70. The zero-order chi connectivity index (χ0) is 21.5. The number of rotatable bonds is 7. The van der Waals surface area contributed by atoms with Crippen LogP contribution < -0.4 is 10.1 Å². The van der Waals surface area contributed by atoms with E-state index in [9.17, 15) is 9.59 Å². The minimum Gasteiger partial charge on any atom is -0.489 e. The normalized spacial score (nSPS) is 10.4. The van der Waals surface area contributed by atoms with Crippen LogP contribution in [-0.4, -0.2) is 30.3 Å². The molecule has 0 bridgehead atoms. The van der Waals surface area contributed by atoms with E-state index in [0.717, 1.165) is 27.0 Å². The molecule has 1 N–H and O–H groups in total. The topological polar surface area (TPSA) is 58.6 Å². The summed E-state index contributed by atoms with van der Waals surface area (Å²) in [5.74, 6) is 0.247. The van der Waals surface area contributed by atoms with Gasteiger partial charge in [0.25, 0.3) is 5.91 Å². The van der Waals surface area contributed by atoms with Crippen LogP contribution in [0.1, 0.15) is 21.5 Å². The molecular weight excluding hydrogens is 444 g/mol. The van der Waals surface area contributed by atoms with Gasteiger partial charge in [0.15, 0.2) is 0 Å². The Bertz CT molecular complexity index is 1040. The summed E-state index contributed by atoms with van der Waals surface area (Å²) in [5, 5.41) is 2.86. The van der Waals surface area contributed by atoms with Crippen LogP contribution in [0.4, 0.5) is 5.69 Å². The van der Waals surface area contributed by atoms with Crippen LogP contribution in [0.15, 0.2) is 77.3 Å². The van der Waals surface area contributed by atoms with Crippen molar-refractivity contribution in [1.29, 1.82) is 0 Å². The third-order valence-electron chi connectivity index (χ3n) is 4.58. The summed E-state index contributed by atoms with van der Waals surface area (Å²) in [5.41, 5.74) is 2.95. The molecule has 3 aromatic rings. The molecule has 0 fully saturated rings. The van der Waals surface area contributed by atoms with Crippen LogP contribution in [0, 0.1) is 6.92 Å². The Morgan fingerprint density at radius 1 is 1.00 bits per heavy atom. The molecule has 30 heavy (non-hydrogen) atoms. The number of halogens is 1. The van der Waals surface area contributed by atoms with Crippen molar-refractivity contribution >= 4 is 33.4 Å². The van der Waals surface area contributed by atoms with E-state index >= 15 is 0 Å². The summed E-state index contributed by atoms with van der Waals surface area (Å²) >= 11 is 3.41. The van der Waals surface area contributed by atoms with E-state index in [2.05, 4.69) is 21.2 Å². The zero-order valence-corrected chi connectivity index (χ0v) is 18.5. The van der Waals surface area contributed by atoms with Gasteiger partial charge >= 0.3 is 0 Å². The number of nitrogens with one attached hydrogen (secondary N) is 1. The number of para-hydroxylation sites is 1. The lowest BCUT2D eigenvalue weighted by molar-refractivity contribution is -0.116. The maximum atomic E-state index is 13.0. The number of benzene rings is 3. The fraction of sp³-hybridized carbons (Fsp3) is 0.167. The highest BCUT2D eigenvalue weighted by Gasteiger charge is 2.18. The van der Waals surface area contributed by atoms with E-state index in [4.69, 9.17) is 4.74 Å².